The van der Waals surface area contributed by atoms with E-state index in [0.29, 0.717) is 6.04 Å². The molecular weight excluding hydrogens is 192 g/mol. The number of nitrogens with one attached hydrogen (secondary N) is 1. The van der Waals surface area contributed by atoms with Gasteiger partial charge in [-0.25, -0.2) is 0 Å². The number of hydrogen-bond donors (Lipinski definition) is 3. The van der Waals surface area contributed by atoms with Crippen LogP contribution in [0.4, 0.5) is 0 Å². The molecule has 4 N–H and O–H groups in total. The van der Waals surface area contributed by atoms with Crippen LogP contribution < -0.4 is 11.1 Å². The lowest BCUT2D eigenvalue weighted by atomic mass is 9.85. The Hall–Kier alpha value is -0.610. The zero-order chi connectivity index (χ0) is 11.1. The molecule has 1 aliphatic rings. The van der Waals surface area contributed by atoms with Crippen molar-refractivity contribution in [1.82, 2.24) is 5.32 Å². The number of aliphatic hydroxyl groups is 1. The normalized spacial score (nSPS) is 26.5. The van der Waals surface area contributed by atoms with E-state index in [2.05, 4.69) is 5.32 Å². The van der Waals surface area contributed by atoms with Crippen molar-refractivity contribution in [1.29, 1.82) is 0 Å². The summed E-state index contributed by atoms with van der Waals surface area (Å²) in [5.41, 5.74) is 5.27. The molecule has 0 heterocycles. The van der Waals surface area contributed by atoms with Crippen LogP contribution in [-0.4, -0.2) is 30.2 Å². The minimum Gasteiger partial charge on any atom is -0.396 e. The number of aliphatic hydroxyl groups excluding tert-OH is 1. The summed E-state index contributed by atoms with van der Waals surface area (Å²) in [6.45, 7) is 1.24. The highest BCUT2D eigenvalue weighted by Gasteiger charge is 2.23. The van der Waals surface area contributed by atoms with Crippen LogP contribution in [-0.2, 0) is 4.79 Å². The molecule has 0 aromatic heterocycles. The van der Waals surface area contributed by atoms with E-state index in [4.69, 9.17) is 10.8 Å². The molecule has 0 spiro atoms. The average Bonchev–Trinajstić information content (AvgIpc) is 2.25. The van der Waals surface area contributed by atoms with Crippen LogP contribution in [0.1, 0.15) is 38.5 Å². The summed E-state index contributed by atoms with van der Waals surface area (Å²) >= 11 is 0. The van der Waals surface area contributed by atoms with E-state index in [9.17, 15) is 4.79 Å². The van der Waals surface area contributed by atoms with Crippen molar-refractivity contribution in [3.8, 4) is 0 Å². The first-order chi connectivity index (χ1) is 7.24. The Morgan fingerprint density at radius 1 is 1.27 bits per heavy atom. The van der Waals surface area contributed by atoms with Crippen molar-refractivity contribution < 1.29 is 9.90 Å². The first-order valence-electron chi connectivity index (χ1n) is 5.87. The Bertz CT molecular complexity index is 189. The van der Waals surface area contributed by atoms with E-state index in [-0.39, 0.29) is 18.4 Å². The molecule has 0 unspecified atom stereocenters. The highest BCUT2D eigenvalue weighted by atomic mass is 16.2. The zero-order valence-electron chi connectivity index (χ0n) is 9.24. The summed E-state index contributed by atoms with van der Waals surface area (Å²) in [4.78, 5) is 10.9. The lowest BCUT2D eigenvalue weighted by molar-refractivity contribution is -0.122. The second kappa shape index (κ2) is 6.80. The predicted octanol–water partition coefficient (Wildman–Crippen LogP) is 0.393. The fraction of sp³-hybridized carbons (Fsp3) is 0.909. The second-order valence-corrected chi connectivity index (χ2v) is 4.34. The largest absolute Gasteiger partial charge is 0.396 e. The molecule has 0 aromatic rings. The Labute approximate surface area is 91.2 Å². The monoisotopic (exact) mass is 214 g/mol. The highest BCUT2D eigenvalue weighted by Crippen LogP contribution is 2.23. The fourth-order valence-corrected chi connectivity index (χ4v) is 2.13. The van der Waals surface area contributed by atoms with Crippen LogP contribution in [0.25, 0.3) is 0 Å². The van der Waals surface area contributed by atoms with Crippen molar-refractivity contribution in [3.05, 3.63) is 0 Å². The first-order valence-corrected chi connectivity index (χ1v) is 5.87. The number of rotatable bonds is 6. The van der Waals surface area contributed by atoms with Crippen molar-refractivity contribution >= 4 is 5.91 Å². The summed E-state index contributed by atoms with van der Waals surface area (Å²) in [5.74, 6) is -0.0470. The minimum absolute atomic E-state index is 0.0977. The molecule has 0 aliphatic heterocycles. The average molecular weight is 214 g/mol. The maximum Gasteiger partial charge on any atom is 0.220 e. The zero-order valence-corrected chi connectivity index (χ0v) is 9.24. The lowest BCUT2D eigenvalue weighted by Gasteiger charge is -2.27. The van der Waals surface area contributed by atoms with Gasteiger partial charge in [0.15, 0.2) is 0 Å². The molecule has 1 rings (SSSR count). The molecule has 15 heavy (non-hydrogen) atoms. The third-order valence-electron chi connectivity index (χ3n) is 3.15. The third kappa shape index (κ3) is 4.62. The molecule has 4 nitrogen and oxygen atoms in total. The molecule has 0 aromatic carbocycles. The predicted molar refractivity (Wildman–Crippen MR) is 59.3 cm³/mol. The van der Waals surface area contributed by atoms with Crippen LogP contribution in [0.5, 0.6) is 0 Å². The van der Waals surface area contributed by atoms with Crippen LogP contribution in [0.15, 0.2) is 0 Å². The molecule has 0 saturated heterocycles. The molecule has 0 bridgehead atoms. The Balaban J connectivity index is 2.07. The summed E-state index contributed by atoms with van der Waals surface area (Å²) in [6.07, 6.45) is 5.83. The molecule has 1 saturated carbocycles. The van der Waals surface area contributed by atoms with Crippen LogP contribution in [0.3, 0.4) is 0 Å². The molecule has 88 valence electrons. The first kappa shape index (κ1) is 12.5. The standard InChI is InChI=1S/C11H22N2O2/c12-11(15)9-3-5-10(6-4-9)13-7-1-2-8-14/h9-10,13-14H,1-8H2,(H2,12,15). The second-order valence-electron chi connectivity index (χ2n) is 4.34. The number of amides is 1. The quantitative estimate of drug-likeness (QED) is 0.560. The van der Waals surface area contributed by atoms with Crippen LogP contribution >= 0.6 is 0 Å². The minimum atomic E-state index is -0.145. The van der Waals surface area contributed by atoms with Gasteiger partial charge in [0.2, 0.25) is 5.91 Å². The summed E-state index contributed by atoms with van der Waals surface area (Å²) in [5, 5.41) is 12.1. The maximum atomic E-state index is 10.9. The van der Waals surface area contributed by atoms with Gasteiger partial charge in [-0.15, -0.1) is 0 Å². The number of unbranched alkanes of at least 4 members (excludes halogenated alkanes) is 1. The number of carbonyl (C=O) groups excluding carboxylic acids is 1. The van der Waals surface area contributed by atoms with Gasteiger partial charge in [-0.05, 0) is 45.1 Å². The van der Waals surface area contributed by atoms with Gasteiger partial charge >= 0.3 is 0 Å². The number of carbonyl (C=O) groups is 1. The molecule has 0 atom stereocenters. The smallest absolute Gasteiger partial charge is 0.220 e. The fourth-order valence-electron chi connectivity index (χ4n) is 2.13. The molecular formula is C11H22N2O2. The van der Waals surface area contributed by atoms with Gasteiger partial charge in [-0.1, -0.05) is 0 Å². The van der Waals surface area contributed by atoms with Crippen molar-refractivity contribution in [2.45, 2.75) is 44.6 Å². The van der Waals surface area contributed by atoms with Crippen molar-refractivity contribution in [2.75, 3.05) is 13.2 Å². The molecule has 1 amide bonds. The molecule has 4 heteroatoms. The van der Waals surface area contributed by atoms with Gasteiger partial charge in [0.1, 0.15) is 0 Å². The summed E-state index contributed by atoms with van der Waals surface area (Å²) < 4.78 is 0. The van der Waals surface area contributed by atoms with Gasteiger partial charge in [-0.2, -0.15) is 0 Å². The molecule has 0 radical (unpaired) electrons. The number of primary amides is 1. The van der Waals surface area contributed by atoms with E-state index in [1.165, 1.54) is 0 Å². The van der Waals surface area contributed by atoms with Crippen molar-refractivity contribution in [3.63, 3.8) is 0 Å². The van der Waals surface area contributed by atoms with Gasteiger partial charge in [0.25, 0.3) is 0 Å². The topological polar surface area (TPSA) is 75.4 Å². The van der Waals surface area contributed by atoms with E-state index in [1.54, 1.807) is 0 Å². The van der Waals surface area contributed by atoms with Gasteiger partial charge in [0.05, 0.1) is 0 Å². The van der Waals surface area contributed by atoms with Crippen molar-refractivity contribution in [2.24, 2.45) is 11.7 Å². The van der Waals surface area contributed by atoms with Gasteiger partial charge < -0.3 is 16.2 Å². The van der Waals surface area contributed by atoms with Gasteiger partial charge in [-0.3, -0.25) is 4.79 Å². The van der Waals surface area contributed by atoms with Crippen LogP contribution in [0, 0.1) is 5.92 Å². The number of nitrogens with two attached hydrogens (primary N) is 1. The summed E-state index contributed by atoms with van der Waals surface area (Å²) in [6, 6.07) is 0.541. The third-order valence-corrected chi connectivity index (χ3v) is 3.15. The van der Waals surface area contributed by atoms with Crippen LogP contribution in [0.2, 0.25) is 0 Å². The SMILES string of the molecule is NC(=O)C1CCC(NCCCCO)CC1. The maximum absolute atomic E-state index is 10.9. The van der Waals surface area contributed by atoms with E-state index in [1.807, 2.05) is 0 Å². The molecule has 1 aliphatic carbocycles. The van der Waals surface area contributed by atoms with E-state index < -0.39 is 0 Å². The Kier molecular flexibility index (Phi) is 5.65. The van der Waals surface area contributed by atoms with Gasteiger partial charge in [0, 0.05) is 18.6 Å². The Morgan fingerprint density at radius 2 is 1.93 bits per heavy atom. The molecule has 1 fully saturated rings. The van der Waals surface area contributed by atoms with E-state index >= 15 is 0 Å². The highest BCUT2D eigenvalue weighted by molar-refractivity contribution is 5.76. The number of hydrogen-bond acceptors (Lipinski definition) is 3. The van der Waals surface area contributed by atoms with E-state index in [0.717, 1.165) is 45.1 Å². The Morgan fingerprint density at radius 3 is 2.47 bits per heavy atom. The summed E-state index contributed by atoms with van der Waals surface area (Å²) in [7, 11) is 0. The lowest BCUT2D eigenvalue weighted by Crippen LogP contribution is -2.37.